The van der Waals surface area contributed by atoms with Crippen LogP contribution in [0.25, 0.3) is 11.3 Å². The van der Waals surface area contributed by atoms with Crippen LogP contribution in [0.5, 0.6) is 5.75 Å². The van der Waals surface area contributed by atoms with Crippen LogP contribution in [-0.4, -0.2) is 57.2 Å². The van der Waals surface area contributed by atoms with Crippen molar-refractivity contribution in [1.29, 1.82) is 0 Å². The number of piperidine rings is 1. The number of amides is 1. The van der Waals surface area contributed by atoms with Crippen LogP contribution in [-0.2, 0) is 27.7 Å². The minimum Gasteiger partial charge on any atom is -0.488 e. The van der Waals surface area contributed by atoms with E-state index in [4.69, 9.17) is 9.47 Å². The highest BCUT2D eigenvalue weighted by Crippen LogP contribution is 2.36. The lowest BCUT2D eigenvalue weighted by atomic mass is 9.89. The number of carbonyl (C=O) groups excluding carboxylic acids is 1. The van der Waals surface area contributed by atoms with Crippen molar-refractivity contribution in [2.75, 3.05) is 19.3 Å². The van der Waals surface area contributed by atoms with Gasteiger partial charge in [-0.15, -0.1) is 0 Å². The Labute approximate surface area is 191 Å². The van der Waals surface area contributed by atoms with Gasteiger partial charge in [-0.05, 0) is 44.2 Å². The molecule has 1 fully saturated rings. The molecule has 0 aliphatic carbocycles. The van der Waals surface area contributed by atoms with Crippen molar-refractivity contribution in [3.63, 3.8) is 0 Å². The molecule has 0 radical (unpaired) electrons. The van der Waals surface area contributed by atoms with E-state index in [9.17, 15) is 9.00 Å². The highest BCUT2D eigenvalue weighted by atomic mass is 32.2. The highest BCUT2D eigenvalue weighted by Gasteiger charge is 2.34. The van der Waals surface area contributed by atoms with E-state index in [1.165, 1.54) is 5.56 Å². The Bertz CT molecular complexity index is 955. The Balaban J connectivity index is 0.00000289. The molecule has 7 nitrogen and oxygen atoms in total. The molecule has 1 saturated heterocycles. The first-order valence-corrected chi connectivity index (χ1v) is 12.6. The summed E-state index contributed by atoms with van der Waals surface area (Å²) < 4.78 is 23.0. The van der Waals surface area contributed by atoms with Crippen LogP contribution in [0.3, 0.4) is 0 Å². The SMILES string of the molecule is CC(C)OC(=O)N1CCC(C2Cc3cc(-c4ccc(CS(C)=O)cc4)ncc3O2)CC1.O. The Morgan fingerprint density at radius 3 is 2.56 bits per heavy atom. The Morgan fingerprint density at radius 2 is 1.94 bits per heavy atom. The van der Waals surface area contributed by atoms with Crippen LogP contribution in [0.15, 0.2) is 36.5 Å². The molecular weight excluding hydrogens is 428 g/mol. The summed E-state index contributed by atoms with van der Waals surface area (Å²) in [4.78, 5) is 18.5. The fourth-order valence-corrected chi connectivity index (χ4v) is 4.99. The summed E-state index contributed by atoms with van der Waals surface area (Å²) in [6.45, 7) is 5.17. The summed E-state index contributed by atoms with van der Waals surface area (Å²) in [5.74, 6) is 1.86. The van der Waals surface area contributed by atoms with Crippen molar-refractivity contribution >= 4 is 16.9 Å². The van der Waals surface area contributed by atoms with Crippen LogP contribution in [0.2, 0.25) is 0 Å². The van der Waals surface area contributed by atoms with E-state index in [1.807, 2.05) is 44.3 Å². The van der Waals surface area contributed by atoms with Gasteiger partial charge in [0.05, 0.1) is 18.0 Å². The number of likely N-dealkylation sites (tertiary alicyclic amines) is 1. The lowest BCUT2D eigenvalue weighted by molar-refractivity contribution is 0.0502. The van der Waals surface area contributed by atoms with E-state index >= 15 is 0 Å². The largest absolute Gasteiger partial charge is 0.488 e. The van der Waals surface area contributed by atoms with Crippen molar-refractivity contribution in [2.45, 2.75) is 51.1 Å². The van der Waals surface area contributed by atoms with Crippen molar-refractivity contribution in [3.05, 3.63) is 47.7 Å². The number of rotatable bonds is 5. The summed E-state index contributed by atoms with van der Waals surface area (Å²) >= 11 is 0. The number of aromatic nitrogens is 1. The van der Waals surface area contributed by atoms with E-state index in [1.54, 1.807) is 11.2 Å². The summed E-state index contributed by atoms with van der Waals surface area (Å²) in [6.07, 6.45) is 6.10. The van der Waals surface area contributed by atoms with Gasteiger partial charge in [0.1, 0.15) is 11.9 Å². The first-order chi connectivity index (χ1) is 14.9. The molecule has 8 heteroatoms. The Hall–Kier alpha value is -2.45. The standard InChI is InChI=1S/C24H30N2O4S.H2O/c1-16(2)29-24(27)26-10-8-19(9-11-26)22-13-20-12-21(25-14-23(20)30-22)18-6-4-17(5-7-18)15-31(3)28;/h4-7,12,14,16,19,22H,8-11,13,15H2,1-3H3;1H2. The maximum Gasteiger partial charge on any atom is 0.410 e. The van der Waals surface area contributed by atoms with Crippen molar-refractivity contribution < 1.29 is 24.0 Å². The van der Waals surface area contributed by atoms with E-state index in [0.29, 0.717) is 24.8 Å². The number of benzene rings is 1. The molecule has 0 spiro atoms. The van der Waals surface area contributed by atoms with Crippen molar-refractivity contribution in [2.24, 2.45) is 5.92 Å². The second-order valence-corrected chi connectivity index (χ2v) is 10.1. The van der Waals surface area contributed by atoms with Gasteiger partial charge in [-0.2, -0.15) is 0 Å². The quantitative estimate of drug-likeness (QED) is 0.681. The third-order valence-corrected chi connectivity index (χ3v) is 6.67. The molecule has 1 amide bonds. The molecule has 32 heavy (non-hydrogen) atoms. The predicted octanol–water partition coefficient (Wildman–Crippen LogP) is 3.36. The molecule has 1 aromatic carbocycles. The van der Waals surface area contributed by atoms with Crippen molar-refractivity contribution in [3.8, 4) is 17.0 Å². The minimum atomic E-state index is -0.843. The smallest absolute Gasteiger partial charge is 0.410 e. The molecule has 2 aliphatic rings. The van der Waals surface area contributed by atoms with Crippen molar-refractivity contribution in [1.82, 2.24) is 9.88 Å². The molecule has 2 aromatic rings. The third-order valence-electron chi connectivity index (χ3n) is 5.93. The fourth-order valence-electron chi connectivity index (χ4n) is 4.33. The number of hydrogen-bond acceptors (Lipinski definition) is 5. The molecule has 174 valence electrons. The van der Waals surface area contributed by atoms with E-state index in [0.717, 1.165) is 41.8 Å². The zero-order valence-electron chi connectivity index (χ0n) is 18.9. The molecule has 2 unspecified atom stereocenters. The molecule has 0 bridgehead atoms. The number of ether oxygens (including phenoxy) is 2. The average Bonchev–Trinajstić information content (AvgIpc) is 3.17. The van der Waals surface area contributed by atoms with Gasteiger partial charge in [-0.25, -0.2) is 4.79 Å². The molecular formula is C24H32N2O5S. The van der Waals surface area contributed by atoms with Gasteiger partial charge in [-0.1, -0.05) is 24.3 Å². The molecule has 2 N–H and O–H groups in total. The Kier molecular flexibility index (Phi) is 7.90. The second-order valence-electron chi connectivity index (χ2n) is 8.71. The lowest BCUT2D eigenvalue weighted by Crippen LogP contribution is -2.43. The van der Waals surface area contributed by atoms with E-state index in [-0.39, 0.29) is 23.8 Å². The van der Waals surface area contributed by atoms with Gasteiger partial charge in [0.25, 0.3) is 0 Å². The third kappa shape index (κ3) is 5.66. The van der Waals surface area contributed by atoms with Gasteiger partial charge in [0.15, 0.2) is 0 Å². The van der Waals surface area contributed by atoms with Gasteiger partial charge >= 0.3 is 6.09 Å². The summed E-state index contributed by atoms with van der Waals surface area (Å²) in [7, 11) is -0.843. The highest BCUT2D eigenvalue weighted by molar-refractivity contribution is 7.83. The number of fused-ring (bicyclic) bond motifs is 1. The number of pyridine rings is 1. The second kappa shape index (κ2) is 10.4. The van der Waals surface area contributed by atoms with Gasteiger partial charge in [-0.3, -0.25) is 9.19 Å². The molecule has 2 aliphatic heterocycles. The fraction of sp³-hybridized carbons (Fsp3) is 0.500. The van der Waals surface area contributed by atoms with E-state index in [2.05, 4.69) is 11.1 Å². The lowest BCUT2D eigenvalue weighted by Gasteiger charge is -2.34. The maximum atomic E-state index is 12.1. The van der Waals surface area contributed by atoms with Gasteiger partial charge in [0, 0.05) is 53.4 Å². The number of nitrogens with zero attached hydrogens (tertiary/aromatic N) is 2. The molecule has 4 rings (SSSR count). The molecule has 0 saturated carbocycles. The zero-order chi connectivity index (χ0) is 22.0. The first-order valence-electron chi connectivity index (χ1n) is 10.9. The van der Waals surface area contributed by atoms with Crippen LogP contribution in [0, 0.1) is 5.92 Å². The first kappa shape index (κ1) is 24.2. The minimum absolute atomic E-state index is 0. The molecule has 2 atom stereocenters. The maximum absolute atomic E-state index is 12.1. The van der Waals surface area contributed by atoms with E-state index < -0.39 is 10.8 Å². The summed E-state index contributed by atoms with van der Waals surface area (Å²) in [5.41, 5.74) is 4.24. The zero-order valence-corrected chi connectivity index (χ0v) is 19.7. The van der Waals surface area contributed by atoms with Gasteiger partial charge < -0.3 is 19.8 Å². The predicted molar refractivity (Wildman–Crippen MR) is 125 cm³/mol. The number of hydrogen-bond donors (Lipinski definition) is 0. The van der Waals surface area contributed by atoms with Gasteiger partial charge in [0.2, 0.25) is 0 Å². The van der Waals surface area contributed by atoms with Crippen LogP contribution in [0.4, 0.5) is 4.79 Å². The normalized spacial score (nSPS) is 19.1. The van der Waals surface area contributed by atoms with Crippen LogP contribution >= 0.6 is 0 Å². The Morgan fingerprint density at radius 1 is 1.25 bits per heavy atom. The molecule has 3 heterocycles. The monoisotopic (exact) mass is 460 g/mol. The topological polar surface area (TPSA) is 100 Å². The average molecular weight is 461 g/mol. The number of carbonyl (C=O) groups is 1. The van der Waals surface area contributed by atoms with Crippen LogP contribution < -0.4 is 4.74 Å². The molecule has 1 aromatic heterocycles. The van der Waals surface area contributed by atoms with Crippen LogP contribution in [0.1, 0.15) is 37.8 Å². The summed E-state index contributed by atoms with van der Waals surface area (Å²) in [6, 6.07) is 10.2. The summed E-state index contributed by atoms with van der Waals surface area (Å²) in [5, 5.41) is 0.